The number of aliphatic hydroxyl groups is 1. The molecule has 6 heteroatoms. The molecule has 116 valence electrons. The van der Waals surface area contributed by atoms with Crippen molar-refractivity contribution in [3.8, 4) is 0 Å². The number of carbonyl (C=O) groups is 1. The standard InChI is InChI=1S/C16H18BrN3O2/c1-10-4-3-9-18-15(10)20-16(22)19-11(2)14(21)12-5-7-13(17)8-6-12/h3-9,11,14,21H,1-2H3,(H2,18,19,20,22). The summed E-state index contributed by atoms with van der Waals surface area (Å²) < 4.78 is 0.937. The lowest BCUT2D eigenvalue weighted by molar-refractivity contribution is 0.139. The van der Waals surface area contributed by atoms with Crippen molar-refractivity contribution in [2.45, 2.75) is 26.0 Å². The smallest absolute Gasteiger partial charge is 0.320 e. The maximum Gasteiger partial charge on any atom is 0.320 e. The minimum atomic E-state index is -0.788. The third-order valence-electron chi connectivity index (χ3n) is 3.29. The summed E-state index contributed by atoms with van der Waals surface area (Å²) in [5, 5.41) is 15.7. The van der Waals surface area contributed by atoms with E-state index < -0.39 is 18.2 Å². The highest BCUT2D eigenvalue weighted by Gasteiger charge is 2.18. The summed E-state index contributed by atoms with van der Waals surface area (Å²) in [7, 11) is 0. The average Bonchev–Trinajstić information content (AvgIpc) is 2.49. The maximum atomic E-state index is 12.0. The molecule has 5 nitrogen and oxygen atoms in total. The second-order valence-electron chi connectivity index (χ2n) is 5.05. The Bertz CT molecular complexity index is 646. The lowest BCUT2D eigenvalue weighted by Gasteiger charge is -2.21. The first-order valence-corrected chi connectivity index (χ1v) is 7.69. The molecule has 0 aliphatic rings. The first kappa shape index (κ1) is 16.5. The van der Waals surface area contributed by atoms with Crippen LogP contribution in [0.15, 0.2) is 47.1 Å². The van der Waals surface area contributed by atoms with E-state index >= 15 is 0 Å². The number of carbonyl (C=O) groups excluding carboxylic acids is 1. The fourth-order valence-electron chi connectivity index (χ4n) is 1.99. The average molecular weight is 364 g/mol. The quantitative estimate of drug-likeness (QED) is 0.779. The molecule has 1 aromatic heterocycles. The monoisotopic (exact) mass is 363 g/mol. The van der Waals surface area contributed by atoms with Crippen molar-refractivity contribution in [1.82, 2.24) is 10.3 Å². The number of nitrogens with zero attached hydrogens (tertiary/aromatic N) is 1. The molecular formula is C16H18BrN3O2. The van der Waals surface area contributed by atoms with Crippen LogP contribution in [0.5, 0.6) is 0 Å². The van der Waals surface area contributed by atoms with Crippen molar-refractivity contribution in [3.63, 3.8) is 0 Å². The normalized spacial score (nSPS) is 13.3. The molecule has 2 unspecified atom stereocenters. The van der Waals surface area contributed by atoms with Crippen LogP contribution >= 0.6 is 15.9 Å². The number of pyridine rings is 1. The van der Waals surface area contributed by atoms with Crippen molar-refractivity contribution in [2.24, 2.45) is 0 Å². The minimum Gasteiger partial charge on any atom is -0.386 e. The molecule has 0 bridgehead atoms. The van der Waals surface area contributed by atoms with Gasteiger partial charge in [0, 0.05) is 10.7 Å². The van der Waals surface area contributed by atoms with E-state index in [1.165, 1.54) is 0 Å². The van der Waals surface area contributed by atoms with Crippen molar-refractivity contribution in [2.75, 3.05) is 5.32 Å². The van der Waals surface area contributed by atoms with Crippen LogP contribution in [0.25, 0.3) is 0 Å². The molecule has 2 rings (SSSR count). The number of aryl methyl sites for hydroxylation is 1. The van der Waals surface area contributed by atoms with Crippen LogP contribution in [0.4, 0.5) is 10.6 Å². The largest absolute Gasteiger partial charge is 0.386 e. The van der Waals surface area contributed by atoms with E-state index in [1.54, 1.807) is 19.2 Å². The van der Waals surface area contributed by atoms with E-state index in [2.05, 4.69) is 31.5 Å². The van der Waals surface area contributed by atoms with E-state index in [-0.39, 0.29) is 0 Å². The molecule has 0 saturated heterocycles. The number of hydrogen-bond acceptors (Lipinski definition) is 3. The fourth-order valence-corrected chi connectivity index (χ4v) is 2.26. The third-order valence-corrected chi connectivity index (χ3v) is 3.81. The van der Waals surface area contributed by atoms with Crippen molar-refractivity contribution < 1.29 is 9.90 Å². The number of rotatable bonds is 4. The predicted molar refractivity (Wildman–Crippen MR) is 89.7 cm³/mol. The number of urea groups is 1. The molecule has 2 amide bonds. The van der Waals surface area contributed by atoms with Gasteiger partial charge in [0.25, 0.3) is 0 Å². The van der Waals surface area contributed by atoms with E-state index in [1.807, 2.05) is 37.3 Å². The molecule has 0 aliphatic heterocycles. The summed E-state index contributed by atoms with van der Waals surface area (Å²) in [4.78, 5) is 16.1. The van der Waals surface area contributed by atoms with Crippen LogP contribution in [0, 0.1) is 6.92 Å². The SMILES string of the molecule is Cc1cccnc1NC(=O)NC(C)C(O)c1ccc(Br)cc1. The van der Waals surface area contributed by atoms with Crippen molar-refractivity contribution >= 4 is 27.8 Å². The van der Waals surface area contributed by atoms with E-state index in [0.29, 0.717) is 5.82 Å². The second-order valence-corrected chi connectivity index (χ2v) is 5.97. The maximum absolute atomic E-state index is 12.0. The van der Waals surface area contributed by atoms with Crippen LogP contribution in [0.2, 0.25) is 0 Å². The summed E-state index contributed by atoms with van der Waals surface area (Å²) in [5.41, 5.74) is 1.61. The zero-order valence-electron chi connectivity index (χ0n) is 12.4. The second kappa shape index (κ2) is 7.38. The Morgan fingerprint density at radius 2 is 1.95 bits per heavy atom. The number of benzene rings is 1. The van der Waals surface area contributed by atoms with Gasteiger partial charge in [-0.1, -0.05) is 34.1 Å². The Kier molecular flexibility index (Phi) is 5.51. The minimum absolute atomic E-state index is 0.398. The summed E-state index contributed by atoms with van der Waals surface area (Å²) in [5.74, 6) is 0.505. The van der Waals surface area contributed by atoms with Crippen LogP contribution in [-0.4, -0.2) is 22.2 Å². The topological polar surface area (TPSA) is 74.2 Å². The Balaban J connectivity index is 1.96. The summed E-state index contributed by atoms with van der Waals surface area (Å²) in [6.07, 6.45) is 0.826. The fraction of sp³-hybridized carbons (Fsp3) is 0.250. The molecule has 0 spiro atoms. The first-order chi connectivity index (χ1) is 10.5. The zero-order valence-corrected chi connectivity index (χ0v) is 14.0. The first-order valence-electron chi connectivity index (χ1n) is 6.90. The summed E-state index contributed by atoms with van der Waals surface area (Å²) in [6.45, 7) is 3.61. The van der Waals surface area contributed by atoms with Crippen LogP contribution in [0.3, 0.4) is 0 Å². The van der Waals surface area contributed by atoms with Gasteiger partial charge in [-0.05, 0) is 43.2 Å². The highest BCUT2D eigenvalue weighted by molar-refractivity contribution is 9.10. The zero-order chi connectivity index (χ0) is 16.1. The molecule has 2 aromatic rings. The van der Waals surface area contributed by atoms with E-state index in [9.17, 15) is 9.90 Å². The lowest BCUT2D eigenvalue weighted by atomic mass is 10.0. The number of aromatic nitrogens is 1. The van der Waals surface area contributed by atoms with Gasteiger partial charge in [-0.3, -0.25) is 5.32 Å². The molecule has 0 radical (unpaired) electrons. The van der Waals surface area contributed by atoms with E-state index in [0.717, 1.165) is 15.6 Å². The van der Waals surface area contributed by atoms with Gasteiger partial charge in [-0.2, -0.15) is 0 Å². The molecule has 1 heterocycles. The Morgan fingerprint density at radius 1 is 1.27 bits per heavy atom. The Labute approximate surface area is 137 Å². The molecule has 22 heavy (non-hydrogen) atoms. The van der Waals surface area contributed by atoms with Crippen molar-refractivity contribution in [3.05, 3.63) is 58.2 Å². The number of aliphatic hydroxyl groups excluding tert-OH is 1. The van der Waals surface area contributed by atoms with E-state index in [4.69, 9.17) is 0 Å². The lowest BCUT2D eigenvalue weighted by Crippen LogP contribution is -2.40. The molecule has 2 atom stereocenters. The molecule has 0 aliphatic carbocycles. The van der Waals surface area contributed by atoms with Gasteiger partial charge < -0.3 is 10.4 Å². The molecule has 0 fully saturated rings. The number of amides is 2. The van der Waals surface area contributed by atoms with Gasteiger partial charge in [-0.25, -0.2) is 9.78 Å². The highest BCUT2D eigenvalue weighted by atomic mass is 79.9. The van der Waals surface area contributed by atoms with Gasteiger partial charge in [0.1, 0.15) is 5.82 Å². The van der Waals surface area contributed by atoms with Gasteiger partial charge in [0.15, 0.2) is 0 Å². The summed E-state index contributed by atoms with van der Waals surface area (Å²) >= 11 is 3.35. The Hall–Kier alpha value is -1.92. The molecule has 1 aromatic carbocycles. The predicted octanol–water partition coefficient (Wildman–Crippen LogP) is 3.40. The van der Waals surface area contributed by atoms with Crippen LogP contribution < -0.4 is 10.6 Å². The molecule has 0 saturated carbocycles. The number of halogens is 1. The van der Waals surface area contributed by atoms with Crippen LogP contribution in [0.1, 0.15) is 24.2 Å². The third kappa shape index (κ3) is 4.29. The molecular weight excluding hydrogens is 346 g/mol. The Morgan fingerprint density at radius 3 is 2.59 bits per heavy atom. The highest BCUT2D eigenvalue weighted by Crippen LogP contribution is 2.19. The number of nitrogens with one attached hydrogen (secondary N) is 2. The van der Waals surface area contributed by atoms with Crippen molar-refractivity contribution in [1.29, 1.82) is 0 Å². The number of anilines is 1. The van der Waals surface area contributed by atoms with Crippen LogP contribution in [-0.2, 0) is 0 Å². The van der Waals surface area contributed by atoms with Gasteiger partial charge in [-0.15, -0.1) is 0 Å². The van der Waals surface area contributed by atoms with Gasteiger partial charge >= 0.3 is 6.03 Å². The van der Waals surface area contributed by atoms with Gasteiger partial charge in [0.2, 0.25) is 0 Å². The number of hydrogen-bond donors (Lipinski definition) is 3. The summed E-state index contributed by atoms with van der Waals surface area (Å²) in [6, 6.07) is 10.2. The molecule has 3 N–H and O–H groups in total. The van der Waals surface area contributed by atoms with Gasteiger partial charge in [0.05, 0.1) is 12.1 Å².